The van der Waals surface area contributed by atoms with Gasteiger partial charge in [-0.2, -0.15) is 11.8 Å². The molecule has 1 aliphatic rings. The Balaban J connectivity index is 2.28. The zero-order valence-electron chi connectivity index (χ0n) is 5.68. The molecule has 9 heavy (non-hydrogen) atoms. The molecule has 3 heteroatoms. The van der Waals surface area contributed by atoms with Crippen molar-refractivity contribution >= 4 is 11.8 Å². The van der Waals surface area contributed by atoms with Gasteiger partial charge in [0.2, 0.25) is 0 Å². The van der Waals surface area contributed by atoms with E-state index in [4.69, 9.17) is 5.11 Å². The van der Waals surface area contributed by atoms with E-state index >= 15 is 0 Å². The minimum Gasteiger partial charge on any atom is -0.396 e. The first-order valence-corrected chi connectivity index (χ1v) is 4.53. The Bertz CT molecular complexity index is 87.5. The molecule has 0 radical (unpaired) electrons. The molecule has 1 aliphatic heterocycles. The maximum Gasteiger partial charge on any atom is 0.0519 e. The minimum absolute atomic E-state index is 0.222. The summed E-state index contributed by atoms with van der Waals surface area (Å²) in [6.07, 6.45) is 2.08. The molecule has 2 nitrogen and oxygen atoms in total. The second-order valence-corrected chi connectivity index (χ2v) is 3.56. The molecule has 0 atom stereocenters. The van der Waals surface area contributed by atoms with Gasteiger partial charge in [0, 0.05) is 24.3 Å². The van der Waals surface area contributed by atoms with Gasteiger partial charge >= 0.3 is 0 Å². The third-order valence-corrected chi connectivity index (χ3v) is 2.69. The quantitative estimate of drug-likeness (QED) is 0.586. The molecule has 2 N–H and O–H groups in total. The van der Waals surface area contributed by atoms with E-state index in [9.17, 15) is 0 Å². The fourth-order valence-corrected chi connectivity index (χ4v) is 1.95. The molecular weight excluding hydrogens is 134 g/mol. The molecule has 1 fully saturated rings. The van der Waals surface area contributed by atoms with E-state index in [2.05, 4.69) is 11.6 Å². The van der Waals surface area contributed by atoms with Crippen LogP contribution in [-0.4, -0.2) is 36.8 Å². The first kappa shape index (κ1) is 7.38. The number of aliphatic hydroxyl groups excluding tert-OH is 1. The van der Waals surface area contributed by atoms with E-state index in [1.165, 1.54) is 0 Å². The van der Waals surface area contributed by atoms with Crippen LogP contribution < -0.4 is 5.32 Å². The van der Waals surface area contributed by atoms with Crippen molar-refractivity contribution in [3.8, 4) is 0 Å². The van der Waals surface area contributed by atoms with Gasteiger partial charge < -0.3 is 10.4 Å². The Morgan fingerprint density at radius 2 is 2.33 bits per heavy atom. The van der Waals surface area contributed by atoms with Gasteiger partial charge in [-0.15, -0.1) is 0 Å². The van der Waals surface area contributed by atoms with Crippen LogP contribution in [-0.2, 0) is 0 Å². The Kier molecular flexibility index (Phi) is 2.38. The van der Waals surface area contributed by atoms with E-state index in [0.717, 1.165) is 18.8 Å². The minimum atomic E-state index is 0.222. The molecule has 0 aromatic carbocycles. The molecule has 0 amide bonds. The van der Waals surface area contributed by atoms with Gasteiger partial charge in [-0.3, -0.25) is 0 Å². The lowest BCUT2D eigenvalue weighted by atomic mass is 9.85. The van der Waals surface area contributed by atoms with Gasteiger partial charge in [-0.25, -0.2) is 0 Å². The zero-order valence-corrected chi connectivity index (χ0v) is 6.50. The summed E-state index contributed by atoms with van der Waals surface area (Å²) in [4.78, 5) is 0. The van der Waals surface area contributed by atoms with Gasteiger partial charge in [0.1, 0.15) is 0 Å². The molecule has 0 saturated carbocycles. The first-order chi connectivity index (χ1) is 4.33. The molecule has 1 heterocycles. The Labute approximate surface area is 60.0 Å². The second-order valence-electron chi connectivity index (χ2n) is 2.69. The van der Waals surface area contributed by atoms with Crippen LogP contribution in [0.5, 0.6) is 0 Å². The Morgan fingerprint density at radius 3 is 2.44 bits per heavy atom. The number of hydrogen-bond acceptors (Lipinski definition) is 3. The summed E-state index contributed by atoms with van der Waals surface area (Å²) < 4.78 is 0. The Hall–Kier alpha value is 0.270. The number of hydrogen-bond donors (Lipinski definition) is 2. The van der Waals surface area contributed by atoms with Crippen molar-refractivity contribution in [2.45, 2.75) is 0 Å². The average Bonchev–Trinajstić information content (AvgIpc) is 1.79. The van der Waals surface area contributed by atoms with Crippen molar-refractivity contribution in [2.24, 2.45) is 5.41 Å². The van der Waals surface area contributed by atoms with Crippen LogP contribution in [0.15, 0.2) is 0 Å². The van der Waals surface area contributed by atoms with Crippen molar-refractivity contribution in [3.63, 3.8) is 0 Å². The lowest BCUT2D eigenvalue weighted by molar-refractivity contribution is 0.0918. The largest absolute Gasteiger partial charge is 0.396 e. The van der Waals surface area contributed by atoms with Gasteiger partial charge in [0.05, 0.1) is 6.61 Å². The van der Waals surface area contributed by atoms with E-state index in [1.807, 2.05) is 11.8 Å². The van der Waals surface area contributed by atoms with Crippen LogP contribution in [0, 0.1) is 5.41 Å². The van der Waals surface area contributed by atoms with Crippen LogP contribution >= 0.6 is 11.8 Å². The second kappa shape index (κ2) is 2.90. The number of thioether (sulfide) groups is 1. The highest BCUT2D eigenvalue weighted by molar-refractivity contribution is 7.98. The lowest BCUT2D eigenvalue weighted by Crippen LogP contribution is -2.57. The highest BCUT2D eigenvalue weighted by Crippen LogP contribution is 2.25. The molecule has 0 aromatic rings. The standard InChI is InChI=1S/C6H13NOS/c1-9-5-6(4-8)2-7-3-6/h7-8H,2-5H2,1H3. The van der Waals surface area contributed by atoms with Gasteiger partial charge in [0.25, 0.3) is 0 Å². The molecule has 0 aliphatic carbocycles. The summed E-state index contributed by atoms with van der Waals surface area (Å²) in [5.41, 5.74) is 0.222. The molecule has 0 aromatic heterocycles. The average molecular weight is 147 g/mol. The summed E-state index contributed by atoms with van der Waals surface area (Å²) in [5, 5.41) is 12.1. The van der Waals surface area contributed by atoms with Crippen LogP contribution in [0.4, 0.5) is 0 Å². The topological polar surface area (TPSA) is 32.3 Å². The third-order valence-electron chi connectivity index (χ3n) is 1.79. The zero-order chi connectivity index (χ0) is 6.74. The SMILES string of the molecule is CSCC1(CO)CNC1. The summed E-state index contributed by atoms with van der Waals surface area (Å²) in [7, 11) is 0. The van der Waals surface area contributed by atoms with Gasteiger partial charge in [-0.1, -0.05) is 0 Å². The monoisotopic (exact) mass is 147 g/mol. The molecule has 1 rings (SSSR count). The predicted molar refractivity (Wildman–Crippen MR) is 40.8 cm³/mol. The molecule has 1 saturated heterocycles. The maximum atomic E-state index is 8.91. The van der Waals surface area contributed by atoms with Crippen molar-refractivity contribution in [1.82, 2.24) is 5.32 Å². The van der Waals surface area contributed by atoms with Crippen LogP contribution in [0.3, 0.4) is 0 Å². The molecule has 0 spiro atoms. The van der Waals surface area contributed by atoms with Crippen molar-refractivity contribution in [1.29, 1.82) is 0 Å². The van der Waals surface area contributed by atoms with Crippen molar-refractivity contribution in [2.75, 3.05) is 31.7 Å². The fourth-order valence-electron chi connectivity index (χ4n) is 1.04. The Morgan fingerprint density at radius 1 is 1.67 bits per heavy atom. The van der Waals surface area contributed by atoms with Crippen molar-refractivity contribution < 1.29 is 5.11 Å². The third kappa shape index (κ3) is 1.39. The summed E-state index contributed by atoms with van der Waals surface area (Å²) in [5.74, 6) is 1.08. The van der Waals surface area contributed by atoms with Crippen LogP contribution in [0.25, 0.3) is 0 Å². The molecule has 0 unspecified atom stereocenters. The molecular formula is C6H13NOS. The number of nitrogens with one attached hydrogen (secondary N) is 1. The van der Waals surface area contributed by atoms with E-state index < -0.39 is 0 Å². The smallest absolute Gasteiger partial charge is 0.0519 e. The van der Waals surface area contributed by atoms with Gasteiger partial charge in [0.15, 0.2) is 0 Å². The fraction of sp³-hybridized carbons (Fsp3) is 1.00. The number of rotatable bonds is 3. The van der Waals surface area contributed by atoms with Crippen molar-refractivity contribution in [3.05, 3.63) is 0 Å². The summed E-state index contributed by atoms with van der Waals surface area (Å²) in [6, 6.07) is 0. The molecule has 0 bridgehead atoms. The van der Waals surface area contributed by atoms with Crippen LogP contribution in [0.2, 0.25) is 0 Å². The van der Waals surface area contributed by atoms with E-state index in [1.54, 1.807) is 0 Å². The molecule has 54 valence electrons. The maximum absolute atomic E-state index is 8.91. The van der Waals surface area contributed by atoms with Crippen LogP contribution in [0.1, 0.15) is 0 Å². The van der Waals surface area contributed by atoms with E-state index in [-0.39, 0.29) is 5.41 Å². The normalized spacial score (nSPS) is 23.3. The highest BCUT2D eigenvalue weighted by Gasteiger charge is 2.35. The highest BCUT2D eigenvalue weighted by atomic mass is 32.2. The van der Waals surface area contributed by atoms with Gasteiger partial charge in [-0.05, 0) is 6.26 Å². The van der Waals surface area contributed by atoms with E-state index in [0.29, 0.717) is 6.61 Å². The number of aliphatic hydroxyl groups is 1. The first-order valence-electron chi connectivity index (χ1n) is 3.13. The summed E-state index contributed by atoms with van der Waals surface area (Å²) in [6.45, 7) is 2.32. The predicted octanol–water partition coefficient (Wildman–Crippen LogP) is -0.0687. The lowest BCUT2D eigenvalue weighted by Gasteiger charge is -2.40. The summed E-state index contributed by atoms with van der Waals surface area (Å²) >= 11 is 1.81.